The van der Waals surface area contributed by atoms with Crippen LogP contribution in [0.25, 0.3) is 0 Å². The number of hydrogen-bond acceptors (Lipinski definition) is 3. The first-order chi connectivity index (χ1) is 7.30. The number of sulfone groups is 1. The van der Waals surface area contributed by atoms with Crippen molar-refractivity contribution in [3.8, 4) is 0 Å². The molecule has 0 fully saturated rings. The number of hydrogen-bond donors (Lipinski definition) is 0. The summed E-state index contributed by atoms with van der Waals surface area (Å²) in [6.45, 7) is 6.46. The molecular formula is C12H18O2S2. The Morgan fingerprint density at radius 2 is 1.56 bits per heavy atom. The van der Waals surface area contributed by atoms with Gasteiger partial charge >= 0.3 is 0 Å². The average Bonchev–Trinajstić information content (AvgIpc) is 2.15. The van der Waals surface area contributed by atoms with E-state index in [9.17, 15) is 8.42 Å². The largest absolute Gasteiger partial charge is 0.224 e. The van der Waals surface area contributed by atoms with E-state index in [4.69, 9.17) is 0 Å². The normalized spacial score (nSPS) is 14.1. The Bertz CT molecular complexity index is 433. The van der Waals surface area contributed by atoms with Crippen molar-refractivity contribution in [2.45, 2.75) is 36.2 Å². The molecule has 1 rings (SSSR count). The van der Waals surface area contributed by atoms with Crippen LogP contribution in [0.1, 0.15) is 31.6 Å². The molecule has 0 saturated heterocycles. The third kappa shape index (κ3) is 3.83. The molecular weight excluding hydrogens is 240 g/mol. The van der Waals surface area contributed by atoms with Crippen molar-refractivity contribution >= 4 is 21.6 Å². The molecule has 0 saturated carbocycles. The van der Waals surface area contributed by atoms with Crippen LogP contribution in [0.15, 0.2) is 29.2 Å². The lowest BCUT2D eigenvalue weighted by Gasteiger charge is -2.14. The van der Waals surface area contributed by atoms with Crippen LogP contribution in [-0.4, -0.2) is 19.9 Å². The van der Waals surface area contributed by atoms with Gasteiger partial charge in [-0.2, -0.15) is 11.8 Å². The molecule has 0 spiro atoms. The zero-order valence-electron chi connectivity index (χ0n) is 10.1. The van der Waals surface area contributed by atoms with Crippen molar-refractivity contribution in [3.63, 3.8) is 0 Å². The van der Waals surface area contributed by atoms with Crippen LogP contribution >= 0.6 is 11.8 Å². The molecule has 0 aromatic heterocycles. The molecule has 0 N–H and O–H groups in total. The number of thioether (sulfide) groups is 1. The van der Waals surface area contributed by atoms with Crippen LogP contribution in [0.2, 0.25) is 0 Å². The van der Waals surface area contributed by atoms with Crippen LogP contribution in [0.3, 0.4) is 0 Å². The molecule has 1 atom stereocenters. The summed E-state index contributed by atoms with van der Waals surface area (Å²) in [7, 11) is -3.08. The predicted octanol–water partition coefficient (Wildman–Crippen LogP) is 3.29. The van der Waals surface area contributed by atoms with Crippen molar-refractivity contribution in [1.29, 1.82) is 0 Å². The molecule has 1 aromatic rings. The Morgan fingerprint density at radius 3 is 1.94 bits per heavy atom. The molecule has 0 heterocycles. The molecule has 0 unspecified atom stereocenters. The van der Waals surface area contributed by atoms with Crippen molar-refractivity contribution in [1.82, 2.24) is 0 Å². The molecule has 0 bridgehead atoms. The summed E-state index contributed by atoms with van der Waals surface area (Å²) < 4.78 is 22.6. The molecule has 1 aromatic carbocycles. The monoisotopic (exact) mass is 258 g/mol. The summed E-state index contributed by atoms with van der Waals surface area (Å²) in [5.41, 5.74) is 1.17. The summed E-state index contributed by atoms with van der Waals surface area (Å²) >= 11 is 1.87. The van der Waals surface area contributed by atoms with Crippen LogP contribution in [-0.2, 0) is 9.84 Å². The van der Waals surface area contributed by atoms with Crippen molar-refractivity contribution in [2.75, 3.05) is 6.26 Å². The minimum atomic E-state index is -3.08. The van der Waals surface area contributed by atoms with E-state index in [1.54, 1.807) is 12.1 Å². The van der Waals surface area contributed by atoms with Gasteiger partial charge in [-0.1, -0.05) is 26.0 Å². The fourth-order valence-corrected chi connectivity index (χ4v) is 3.23. The predicted molar refractivity (Wildman–Crippen MR) is 70.7 cm³/mol. The fourth-order valence-electron chi connectivity index (χ4n) is 1.47. The van der Waals surface area contributed by atoms with Gasteiger partial charge in [-0.15, -0.1) is 0 Å². The van der Waals surface area contributed by atoms with E-state index in [0.717, 1.165) is 0 Å². The molecule has 0 aliphatic carbocycles. The topological polar surface area (TPSA) is 34.1 Å². The van der Waals surface area contributed by atoms with Gasteiger partial charge in [-0.05, 0) is 29.9 Å². The number of benzene rings is 1. The van der Waals surface area contributed by atoms with Gasteiger partial charge in [0.1, 0.15) is 0 Å². The summed E-state index contributed by atoms with van der Waals surface area (Å²) in [6, 6.07) is 7.16. The standard InChI is InChI=1S/C12H18O2S2/c1-9(2)15-10(3)11-5-7-12(8-6-11)16(4,13)14/h5-10H,1-4H3/t10-/m1/s1. The first kappa shape index (κ1) is 13.6. The highest BCUT2D eigenvalue weighted by atomic mass is 32.2. The minimum Gasteiger partial charge on any atom is -0.224 e. The zero-order valence-corrected chi connectivity index (χ0v) is 11.7. The number of rotatable bonds is 4. The molecule has 0 aliphatic heterocycles. The van der Waals surface area contributed by atoms with Gasteiger partial charge in [-0.25, -0.2) is 8.42 Å². The first-order valence-corrected chi connectivity index (χ1v) is 8.09. The maximum absolute atomic E-state index is 11.3. The second-order valence-electron chi connectivity index (χ2n) is 4.17. The van der Waals surface area contributed by atoms with Gasteiger partial charge in [0.25, 0.3) is 0 Å². The smallest absolute Gasteiger partial charge is 0.175 e. The molecule has 0 radical (unpaired) electrons. The van der Waals surface area contributed by atoms with E-state index >= 15 is 0 Å². The van der Waals surface area contributed by atoms with Gasteiger partial charge in [0, 0.05) is 11.5 Å². The van der Waals surface area contributed by atoms with Gasteiger partial charge < -0.3 is 0 Å². The third-order valence-electron chi connectivity index (χ3n) is 2.25. The van der Waals surface area contributed by atoms with Crippen LogP contribution in [0.5, 0.6) is 0 Å². The van der Waals surface area contributed by atoms with Crippen molar-refractivity contribution in [2.24, 2.45) is 0 Å². The summed E-state index contributed by atoms with van der Waals surface area (Å²) in [5, 5.41) is 0.971. The summed E-state index contributed by atoms with van der Waals surface area (Å²) in [5.74, 6) is 0. The summed E-state index contributed by atoms with van der Waals surface area (Å²) in [4.78, 5) is 0.387. The van der Waals surface area contributed by atoms with E-state index in [-0.39, 0.29) is 0 Å². The lowest BCUT2D eigenvalue weighted by molar-refractivity contribution is 0.602. The zero-order chi connectivity index (χ0) is 12.3. The molecule has 90 valence electrons. The third-order valence-corrected chi connectivity index (χ3v) is 4.61. The lowest BCUT2D eigenvalue weighted by atomic mass is 10.2. The Morgan fingerprint density at radius 1 is 1.06 bits per heavy atom. The second kappa shape index (κ2) is 5.23. The molecule has 0 amide bonds. The van der Waals surface area contributed by atoms with Crippen molar-refractivity contribution < 1.29 is 8.42 Å². The first-order valence-electron chi connectivity index (χ1n) is 5.26. The maximum atomic E-state index is 11.3. The highest BCUT2D eigenvalue weighted by molar-refractivity contribution is 8.00. The van der Waals surface area contributed by atoms with E-state index in [0.29, 0.717) is 15.4 Å². The summed E-state index contributed by atoms with van der Waals surface area (Å²) in [6.07, 6.45) is 1.23. The van der Waals surface area contributed by atoms with Gasteiger partial charge in [0.05, 0.1) is 4.90 Å². The van der Waals surface area contributed by atoms with E-state index in [1.165, 1.54) is 11.8 Å². The molecule has 16 heavy (non-hydrogen) atoms. The average molecular weight is 258 g/mol. The highest BCUT2D eigenvalue weighted by Gasteiger charge is 2.10. The Labute approximate surface area is 102 Å². The van der Waals surface area contributed by atoms with Crippen LogP contribution in [0, 0.1) is 0 Å². The van der Waals surface area contributed by atoms with Crippen LogP contribution in [0.4, 0.5) is 0 Å². The minimum absolute atomic E-state index is 0.387. The Hall–Kier alpha value is -0.480. The fraction of sp³-hybridized carbons (Fsp3) is 0.500. The Kier molecular flexibility index (Phi) is 4.44. The highest BCUT2D eigenvalue weighted by Crippen LogP contribution is 2.31. The SMILES string of the molecule is CC(C)S[C@H](C)c1ccc(S(C)(=O)=O)cc1. The van der Waals surface area contributed by atoms with Gasteiger partial charge in [0.15, 0.2) is 9.84 Å². The van der Waals surface area contributed by atoms with E-state index < -0.39 is 9.84 Å². The Balaban J connectivity index is 2.87. The lowest BCUT2D eigenvalue weighted by Crippen LogP contribution is -1.99. The quantitative estimate of drug-likeness (QED) is 0.831. The van der Waals surface area contributed by atoms with Crippen molar-refractivity contribution in [3.05, 3.63) is 29.8 Å². The van der Waals surface area contributed by atoms with E-state index in [2.05, 4.69) is 20.8 Å². The second-order valence-corrected chi connectivity index (χ2v) is 8.11. The molecule has 2 nitrogen and oxygen atoms in total. The molecule has 4 heteroatoms. The van der Waals surface area contributed by atoms with E-state index in [1.807, 2.05) is 23.9 Å². The molecule has 0 aliphatic rings. The van der Waals surface area contributed by atoms with Gasteiger partial charge in [-0.3, -0.25) is 0 Å². The van der Waals surface area contributed by atoms with Crippen LogP contribution < -0.4 is 0 Å². The van der Waals surface area contributed by atoms with Gasteiger partial charge in [0.2, 0.25) is 0 Å². The maximum Gasteiger partial charge on any atom is 0.175 e.